The van der Waals surface area contributed by atoms with Gasteiger partial charge in [-0.1, -0.05) is 19.9 Å². The van der Waals surface area contributed by atoms with Crippen LogP contribution in [0.1, 0.15) is 26.7 Å². The second-order valence-electron chi connectivity index (χ2n) is 4.78. The SMILES string of the molecule is COC1=CC=C2C(=O)C(C)(C)CC2C1. The molecule has 2 heteroatoms. The molecule has 0 aliphatic heterocycles. The quantitative estimate of drug-likeness (QED) is 0.638. The maximum Gasteiger partial charge on any atom is 0.164 e. The van der Waals surface area contributed by atoms with Crippen molar-refractivity contribution in [3.63, 3.8) is 0 Å². The average molecular weight is 192 g/mol. The third-order valence-corrected chi connectivity index (χ3v) is 3.23. The lowest BCUT2D eigenvalue weighted by Crippen LogP contribution is -2.17. The van der Waals surface area contributed by atoms with Gasteiger partial charge in [0.2, 0.25) is 0 Å². The van der Waals surface area contributed by atoms with Gasteiger partial charge in [0.05, 0.1) is 12.9 Å². The van der Waals surface area contributed by atoms with E-state index >= 15 is 0 Å². The van der Waals surface area contributed by atoms with E-state index < -0.39 is 0 Å². The van der Waals surface area contributed by atoms with E-state index in [0.29, 0.717) is 11.7 Å². The predicted octanol–water partition coefficient (Wildman–Crippen LogP) is 2.46. The molecule has 2 aliphatic rings. The number of hydrogen-bond donors (Lipinski definition) is 0. The number of ether oxygens (including phenoxy) is 1. The van der Waals surface area contributed by atoms with Gasteiger partial charge in [-0.05, 0) is 24.0 Å². The van der Waals surface area contributed by atoms with Gasteiger partial charge in [0, 0.05) is 11.8 Å². The second kappa shape index (κ2) is 2.97. The van der Waals surface area contributed by atoms with Crippen LogP contribution >= 0.6 is 0 Å². The zero-order valence-electron chi connectivity index (χ0n) is 8.96. The number of Topliss-reactive ketones (excluding diaryl/α,β-unsaturated/α-hetero) is 1. The summed E-state index contributed by atoms with van der Waals surface area (Å²) in [6, 6.07) is 0. The highest BCUT2D eigenvalue weighted by Crippen LogP contribution is 2.45. The predicted molar refractivity (Wildman–Crippen MR) is 54.7 cm³/mol. The van der Waals surface area contributed by atoms with E-state index in [1.807, 2.05) is 26.0 Å². The Labute approximate surface area is 84.6 Å². The molecule has 2 aliphatic carbocycles. The number of rotatable bonds is 1. The Morgan fingerprint density at radius 3 is 2.79 bits per heavy atom. The molecule has 0 aromatic carbocycles. The van der Waals surface area contributed by atoms with Crippen LogP contribution in [0.15, 0.2) is 23.5 Å². The molecule has 0 aromatic rings. The number of allylic oxidation sites excluding steroid dienone is 4. The number of ketones is 1. The lowest BCUT2D eigenvalue weighted by atomic mass is 9.89. The zero-order valence-corrected chi connectivity index (χ0v) is 8.96. The van der Waals surface area contributed by atoms with Crippen molar-refractivity contribution in [1.82, 2.24) is 0 Å². The van der Waals surface area contributed by atoms with E-state index in [-0.39, 0.29) is 5.41 Å². The minimum absolute atomic E-state index is 0.173. The largest absolute Gasteiger partial charge is 0.501 e. The van der Waals surface area contributed by atoms with Crippen molar-refractivity contribution in [3.05, 3.63) is 23.5 Å². The fourth-order valence-corrected chi connectivity index (χ4v) is 2.43. The van der Waals surface area contributed by atoms with Gasteiger partial charge in [0.15, 0.2) is 5.78 Å². The summed E-state index contributed by atoms with van der Waals surface area (Å²) in [7, 11) is 1.69. The first-order valence-electron chi connectivity index (χ1n) is 5.04. The Morgan fingerprint density at radius 2 is 2.14 bits per heavy atom. The van der Waals surface area contributed by atoms with Gasteiger partial charge in [-0.25, -0.2) is 0 Å². The number of methoxy groups -OCH3 is 1. The summed E-state index contributed by atoms with van der Waals surface area (Å²) < 4.78 is 5.21. The highest BCUT2D eigenvalue weighted by Gasteiger charge is 2.44. The van der Waals surface area contributed by atoms with Gasteiger partial charge in [0.1, 0.15) is 0 Å². The van der Waals surface area contributed by atoms with Crippen molar-refractivity contribution >= 4 is 5.78 Å². The summed E-state index contributed by atoms with van der Waals surface area (Å²) in [5.41, 5.74) is 0.823. The zero-order chi connectivity index (χ0) is 10.3. The molecule has 2 rings (SSSR count). The maximum absolute atomic E-state index is 11.9. The molecular weight excluding hydrogens is 176 g/mol. The third kappa shape index (κ3) is 1.29. The summed E-state index contributed by atoms with van der Waals surface area (Å²) in [6.45, 7) is 4.06. The number of carbonyl (C=O) groups is 1. The van der Waals surface area contributed by atoms with Crippen molar-refractivity contribution in [2.75, 3.05) is 7.11 Å². The normalized spacial score (nSPS) is 29.4. The fourth-order valence-electron chi connectivity index (χ4n) is 2.43. The van der Waals surface area contributed by atoms with Crippen LogP contribution < -0.4 is 0 Å². The van der Waals surface area contributed by atoms with Gasteiger partial charge in [-0.15, -0.1) is 0 Å². The summed E-state index contributed by atoms with van der Waals surface area (Å²) in [5, 5.41) is 0. The van der Waals surface area contributed by atoms with E-state index in [1.54, 1.807) is 7.11 Å². The topological polar surface area (TPSA) is 26.3 Å². The summed E-state index contributed by atoms with van der Waals surface area (Å²) in [5.74, 6) is 1.69. The molecule has 1 fully saturated rings. The molecule has 14 heavy (non-hydrogen) atoms. The highest BCUT2D eigenvalue weighted by molar-refractivity contribution is 6.02. The Morgan fingerprint density at radius 1 is 1.43 bits per heavy atom. The minimum atomic E-state index is -0.173. The van der Waals surface area contributed by atoms with Crippen LogP contribution in [0.3, 0.4) is 0 Å². The van der Waals surface area contributed by atoms with Crippen LogP contribution in [0.5, 0.6) is 0 Å². The molecule has 0 spiro atoms. The van der Waals surface area contributed by atoms with Gasteiger partial charge in [-0.3, -0.25) is 4.79 Å². The number of fused-ring (bicyclic) bond motifs is 1. The Bertz CT molecular complexity index is 334. The first-order valence-corrected chi connectivity index (χ1v) is 5.04. The molecule has 1 unspecified atom stereocenters. The summed E-state index contributed by atoms with van der Waals surface area (Å²) in [6.07, 6.45) is 5.70. The molecule has 0 heterocycles. The van der Waals surface area contributed by atoms with Gasteiger partial charge in [-0.2, -0.15) is 0 Å². The molecule has 1 atom stereocenters. The minimum Gasteiger partial charge on any atom is -0.501 e. The molecule has 1 saturated carbocycles. The van der Waals surface area contributed by atoms with Crippen molar-refractivity contribution in [1.29, 1.82) is 0 Å². The summed E-state index contributed by atoms with van der Waals surface area (Å²) in [4.78, 5) is 11.9. The van der Waals surface area contributed by atoms with E-state index in [1.165, 1.54) is 0 Å². The third-order valence-electron chi connectivity index (χ3n) is 3.23. The summed E-state index contributed by atoms with van der Waals surface area (Å²) >= 11 is 0. The molecule has 0 saturated heterocycles. The standard InChI is InChI=1S/C12H16O2/c1-12(2)7-8-6-9(14-3)4-5-10(8)11(12)13/h4-5,8H,6-7H2,1-3H3. The Hall–Kier alpha value is -1.05. The maximum atomic E-state index is 11.9. The van der Waals surface area contributed by atoms with Crippen LogP contribution in [-0.2, 0) is 9.53 Å². The Kier molecular flexibility index (Phi) is 2.02. The molecule has 2 nitrogen and oxygen atoms in total. The molecule has 0 N–H and O–H groups in total. The van der Waals surface area contributed by atoms with Gasteiger partial charge < -0.3 is 4.74 Å². The Balaban J connectivity index is 2.29. The van der Waals surface area contributed by atoms with Crippen molar-refractivity contribution in [2.24, 2.45) is 11.3 Å². The van der Waals surface area contributed by atoms with E-state index in [4.69, 9.17) is 4.74 Å². The van der Waals surface area contributed by atoms with E-state index in [9.17, 15) is 4.79 Å². The number of hydrogen-bond acceptors (Lipinski definition) is 2. The molecular formula is C12H16O2. The van der Waals surface area contributed by atoms with Crippen LogP contribution in [0, 0.1) is 11.3 Å². The molecule has 0 bridgehead atoms. The molecule has 0 amide bonds. The second-order valence-corrected chi connectivity index (χ2v) is 4.78. The monoisotopic (exact) mass is 192 g/mol. The van der Waals surface area contributed by atoms with Crippen LogP contribution in [0.2, 0.25) is 0 Å². The van der Waals surface area contributed by atoms with Crippen molar-refractivity contribution < 1.29 is 9.53 Å². The lowest BCUT2D eigenvalue weighted by molar-refractivity contribution is -0.121. The smallest absolute Gasteiger partial charge is 0.164 e. The van der Waals surface area contributed by atoms with Crippen LogP contribution in [0.25, 0.3) is 0 Å². The fraction of sp³-hybridized carbons (Fsp3) is 0.583. The average Bonchev–Trinajstić information content (AvgIpc) is 2.37. The van der Waals surface area contributed by atoms with Crippen LogP contribution in [-0.4, -0.2) is 12.9 Å². The highest BCUT2D eigenvalue weighted by atomic mass is 16.5. The van der Waals surface area contributed by atoms with Crippen molar-refractivity contribution in [2.45, 2.75) is 26.7 Å². The lowest BCUT2D eigenvalue weighted by Gasteiger charge is -2.17. The molecule has 76 valence electrons. The molecule has 0 aromatic heterocycles. The van der Waals surface area contributed by atoms with Crippen LogP contribution in [0.4, 0.5) is 0 Å². The van der Waals surface area contributed by atoms with Crippen molar-refractivity contribution in [3.8, 4) is 0 Å². The molecule has 0 radical (unpaired) electrons. The first kappa shape index (κ1) is 9.50. The van der Waals surface area contributed by atoms with E-state index in [2.05, 4.69) is 0 Å². The number of carbonyl (C=O) groups excluding carboxylic acids is 1. The van der Waals surface area contributed by atoms with E-state index in [0.717, 1.165) is 24.2 Å². The van der Waals surface area contributed by atoms with Gasteiger partial charge in [0.25, 0.3) is 0 Å². The van der Waals surface area contributed by atoms with Gasteiger partial charge >= 0.3 is 0 Å². The first-order chi connectivity index (χ1) is 6.54.